The van der Waals surface area contributed by atoms with E-state index in [1.165, 1.54) is 0 Å². The number of aliphatic hydroxyl groups excluding tert-OH is 1. The first-order valence-electron chi connectivity index (χ1n) is 5.28. The third-order valence-corrected chi connectivity index (χ3v) is 3.17. The van der Waals surface area contributed by atoms with E-state index in [2.05, 4.69) is 15.1 Å². The minimum absolute atomic E-state index is 0.115. The van der Waals surface area contributed by atoms with E-state index < -0.39 is 0 Å². The zero-order valence-corrected chi connectivity index (χ0v) is 9.34. The summed E-state index contributed by atoms with van der Waals surface area (Å²) in [5.41, 5.74) is 0. The third-order valence-electron chi connectivity index (χ3n) is 3.17. The van der Waals surface area contributed by atoms with Gasteiger partial charge in [-0.25, -0.2) is 0 Å². The van der Waals surface area contributed by atoms with Gasteiger partial charge in [-0.1, -0.05) is 0 Å². The van der Waals surface area contributed by atoms with Crippen LogP contribution in [0.5, 0.6) is 0 Å². The standard InChI is InChI=1S/C10H17N3O2/c1-6(10-12-11-7(2)15-10)13(3)8-4-9(14)5-8/h6,8-9,14H,4-5H2,1-3H3. The molecule has 1 heterocycles. The van der Waals surface area contributed by atoms with Gasteiger partial charge in [0.25, 0.3) is 0 Å². The quantitative estimate of drug-likeness (QED) is 0.804. The van der Waals surface area contributed by atoms with Crippen LogP contribution in [-0.4, -0.2) is 39.4 Å². The number of aryl methyl sites for hydroxylation is 1. The Morgan fingerprint density at radius 3 is 2.60 bits per heavy atom. The molecule has 0 saturated heterocycles. The second-order valence-corrected chi connectivity index (χ2v) is 4.28. The van der Waals surface area contributed by atoms with E-state index in [9.17, 15) is 5.11 Å². The first-order valence-corrected chi connectivity index (χ1v) is 5.28. The Bertz CT molecular complexity index is 333. The lowest BCUT2D eigenvalue weighted by molar-refractivity contribution is -0.00627. The fourth-order valence-electron chi connectivity index (χ4n) is 1.86. The highest BCUT2D eigenvalue weighted by atomic mass is 16.4. The van der Waals surface area contributed by atoms with Gasteiger partial charge in [0.15, 0.2) is 0 Å². The Balaban J connectivity index is 1.98. The van der Waals surface area contributed by atoms with Crippen LogP contribution >= 0.6 is 0 Å². The minimum Gasteiger partial charge on any atom is -0.424 e. The lowest BCUT2D eigenvalue weighted by atomic mass is 9.87. The van der Waals surface area contributed by atoms with Crippen molar-refractivity contribution in [1.82, 2.24) is 15.1 Å². The molecule has 1 aromatic rings. The van der Waals surface area contributed by atoms with Gasteiger partial charge in [-0.2, -0.15) is 0 Å². The molecule has 1 saturated carbocycles. The smallest absolute Gasteiger partial charge is 0.233 e. The van der Waals surface area contributed by atoms with Gasteiger partial charge in [-0.3, -0.25) is 4.90 Å². The van der Waals surface area contributed by atoms with E-state index in [0.29, 0.717) is 17.8 Å². The SMILES string of the molecule is Cc1nnc(C(C)N(C)C2CC(O)C2)o1. The van der Waals surface area contributed by atoms with Crippen LogP contribution in [0, 0.1) is 6.92 Å². The summed E-state index contributed by atoms with van der Waals surface area (Å²) in [4.78, 5) is 2.18. The molecule has 0 aromatic carbocycles. The topological polar surface area (TPSA) is 62.4 Å². The number of hydrogen-bond acceptors (Lipinski definition) is 5. The van der Waals surface area contributed by atoms with E-state index in [-0.39, 0.29) is 12.1 Å². The van der Waals surface area contributed by atoms with Gasteiger partial charge in [0.05, 0.1) is 12.1 Å². The summed E-state index contributed by atoms with van der Waals surface area (Å²) in [5, 5.41) is 17.1. The average Bonchev–Trinajstić information content (AvgIpc) is 2.58. The summed E-state index contributed by atoms with van der Waals surface area (Å²) >= 11 is 0. The fraction of sp³-hybridized carbons (Fsp3) is 0.800. The van der Waals surface area contributed by atoms with Crippen molar-refractivity contribution < 1.29 is 9.52 Å². The zero-order chi connectivity index (χ0) is 11.0. The second kappa shape index (κ2) is 3.90. The van der Waals surface area contributed by atoms with Crippen LogP contribution in [-0.2, 0) is 0 Å². The molecule has 1 N–H and O–H groups in total. The van der Waals surface area contributed by atoms with Crippen molar-refractivity contribution in [2.24, 2.45) is 0 Å². The molecule has 0 aliphatic heterocycles. The largest absolute Gasteiger partial charge is 0.424 e. The highest BCUT2D eigenvalue weighted by molar-refractivity contribution is 4.93. The lowest BCUT2D eigenvalue weighted by Crippen LogP contribution is -2.46. The molecule has 0 radical (unpaired) electrons. The highest BCUT2D eigenvalue weighted by Gasteiger charge is 2.34. The number of hydrogen-bond donors (Lipinski definition) is 1. The predicted molar refractivity (Wildman–Crippen MR) is 54.2 cm³/mol. The first-order chi connectivity index (χ1) is 7.08. The Labute approximate surface area is 89.1 Å². The molecule has 2 rings (SSSR count). The summed E-state index contributed by atoms with van der Waals surface area (Å²) in [6, 6.07) is 0.547. The first kappa shape index (κ1) is 10.6. The van der Waals surface area contributed by atoms with Crippen LogP contribution < -0.4 is 0 Å². The fourth-order valence-corrected chi connectivity index (χ4v) is 1.86. The maximum atomic E-state index is 9.25. The summed E-state index contributed by atoms with van der Waals surface area (Å²) in [5.74, 6) is 1.25. The molecule has 1 atom stereocenters. The number of nitrogens with zero attached hydrogens (tertiary/aromatic N) is 3. The van der Waals surface area contributed by atoms with Crippen molar-refractivity contribution in [3.63, 3.8) is 0 Å². The third kappa shape index (κ3) is 2.03. The van der Waals surface area contributed by atoms with Crippen molar-refractivity contribution in [2.75, 3.05) is 7.05 Å². The summed E-state index contributed by atoms with van der Waals surface area (Å²) in [7, 11) is 2.03. The van der Waals surface area contributed by atoms with Crippen LogP contribution in [0.2, 0.25) is 0 Å². The van der Waals surface area contributed by atoms with Gasteiger partial charge in [-0.15, -0.1) is 10.2 Å². The molecule has 1 aromatic heterocycles. The molecule has 0 spiro atoms. The molecule has 15 heavy (non-hydrogen) atoms. The van der Waals surface area contributed by atoms with Crippen molar-refractivity contribution in [3.8, 4) is 0 Å². The molecule has 5 heteroatoms. The molecule has 1 aliphatic carbocycles. The Kier molecular flexibility index (Phi) is 2.75. The van der Waals surface area contributed by atoms with Gasteiger partial charge in [0.2, 0.25) is 11.8 Å². The minimum atomic E-state index is -0.130. The molecule has 1 aliphatic rings. The normalized spacial score (nSPS) is 27.8. The Hall–Kier alpha value is -0.940. The van der Waals surface area contributed by atoms with Gasteiger partial charge in [-0.05, 0) is 26.8 Å². The molecule has 0 bridgehead atoms. The van der Waals surface area contributed by atoms with E-state index in [1.807, 2.05) is 14.0 Å². The molecule has 5 nitrogen and oxygen atoms in total. The van der Waals surface area contributed by atoms with Crippen molar-refractivity contribution in [1.29, 1.82) is 0 Å². The van der Waals surface area contributed by atoms with Crippen LogP contribution in [0.3, 0.4) is 0 Å². The van der Waals surface area contributed by atoms with Gasteiger partial charge in [0, 0.05) is 13.0 Å². The lowest BCUT2D eigenvalue weighted by Gasteiger charge is -2.40. The summed E-state index contributed by atoms with van der Waals surface area (Å²) in [6.07, 6.45) is 1.55. The maximum absolute atomic E-state index is 9.25. The van der Waals surface area contributed by atoms with Gasteiger partial charge >= 0.3 is 0 Å². The van der Waals surface area contributed by atoms with Crippen LogP contribution in [0.1, 0.15) is 37.6 Å². The monoisotopic (exact) mass is 211 g/mol. The maximum Gasteiger partial charge on any atom is 0.233 e. The number of rotatable bonds is 3. The summed E-state index contributed by atoms with van der Waals surface area (Å²) < 4.78 is 5.39. The Morgan fingerprint density at radius 1 is 1.47 bits per heavy atom. The van der Waals surface area contributed by atoms with Crippen molar-refractivity contribution in [3.05, 3.63) is 11.8 Å². The zero-order valence-electron chi connectivity index (χ0n) is 9.34. The molecular weight excluding hydrogens is 194 g/mol. The molecule has 1 fully saturated rings. The predicted octanol–water partition coefficient (Wildman–Crippen LogP) is 0.894. The molecular formula is C10H17N3O2. The van der Waals surface area contributed by atoms with Crippen molar-refractivity contribution >= 4 is 0 Å². The average molecular weight is 211 g/mol. The van der Waals surface area contributed by atoms with Crippen LogP contribution in [0.4, 0.5) is 0 Å². The van der Waals surface area contributed by atoms with Crippen molar-refractivity contribution in [2.45, 2.75) is 44.9 Å². The molecule has 1 unspecified atom stereocenters. The van der Waals surface area contributed by atoms with E-state index in [4.69, 9.17) is 4.42 Å². The van der Waals surface area contributed by atoms with Crippen LogP contribution in [0.15, 0.2) is 4.42 Å². The van der Waals surface area contributed by atoms with E-state index >= 15 is 0 Å². The van der Waals surface area contributed by atoms with Crippen LogP contribution in [0.25, 0.3) is 0 Å². The highest BCUT2D eigenvalue weighted by Crippen LogP contribution is 2.30. The molecule has 0 amide bonds. The second-order valence-electron chi connectivity index (χ2n) is 4.28. The number of aromatic nitrogens is 2. The van der Waals surface area contributed by atoms with Gasteiger partial charge < -0.3 is 9.52 Å². The Morgan fingerprint density at radius 2 is 2.13 bits per heavy atom. The molecule has 84 valence electrons. The van der Waals surface area contributed by atoms with Gasteiger partial charge in [0.1, 0.15) is 0 Å². The van der Waals surface area contributed by atoms with E-state index in [1.54, 1.807) is 6.92 Å². The number of aliphatic hydroxyl groups is 1. The summed E-state index contributed by atoms with van der Waals surface area (Å²) in [6.45, 7) is 3.83. The van der Waals surface area contributed by atoms with E-state index in [0.717, 1.165) is 12.8 Å².